The molecule has 224 valence electrons. The second-order valence-corrected chi connectivity index (χ2v) is 11.8. The van der Waals surface area contributed by atoms with E-state index in [0.717, 1.165) is 37.3 Å². The van der Waals surface area contributed by atoms with Gasteiger partial charge in [-0.05, 0) is 55.1 Å². The van der Waals surface area contributed by atoms with Crippen LogP contribution < -0.4 is 29.2 Å². The van der Waals surface area contributed by atoms with E-state index in [1.165, 1.54) is 34.5 Å². The molecule has 0 atom stereocenters. The standard InChI is InChI=1S/C31H37N3O7S/c1-33-13-15-34(16-14-33)24-9-7-23(8-10-24)31(35)32-27-18-22(6-11-28(27)39-3)21-42(36,37)17-12-26-29(40-4)19-25(38-2)20-30(26)41-5/h6-12,17-20H,13-16,21H2,1-5H3,(H,32,35). The minimum Gasteiger partial charge on any atom is -0.496 e. The van der Waals surface area contributed by atoms with Crippen molar-refractivity contribution in [2.24, 2.45) is 0 Å². The highest BCUT2D eigenvalue weighted by Gasteiger charge is 2.18. The van der Waals surface area contributed by atoms with Crippen LogP contribution in [-0.2, 0) is 15.6 Å². The zero-order valence-corrected chi connectivity index (χ0v) is 25.4. The van der Waals surface area contributed by atoms with Crippen molar-refractivity contribution < 1.29 is 32.2 Å². The Hall–Kier alpha value is -4.22. The fourth-order valence-corrected chi connectivity index (χ4v) is 5.76. The first-order valence-corrected chi connectivity index (χ1v) is 15.1. The summed E-state index contributed by atoms with van der Waals surface area (Å²) in [7, 11) is 4.36. The molecule has 4 rings (SSSR count). The van der Waals surface area contributed by atoms with Gasteiger partial charge in [-0.2, -0.15) is 0 Å². The fraction of sp³-hybridized carbons (Fsp3) is 0.323. The number of nitrogens with zero attached hydrogens (tertiary/aromatic N) is 2. The van der Waals surface area contributed by atoms with E-state index in [4.69, 9.17) is 18.9 Å². The van der Waals surface area contributed by atoms with Crippen LogP contribution in [0.25, 0.3) is 6.08 Å². The fourth-order valence-electron chi connectivity index (χ4n) is 4.67. The number of anilines is 2. The minimum absolute atomic E-state index is 0.295. The van der Waals surface area contributed by atoms with Crippen molar-refractivity contribution in [3.63, 3.8) is 0 Å². The molecular weight excluding hydrogens is 558 g/mol. The van der Waals surface area contributed by atoms with E-state index in [9.17, 15) is 13.2 Å². The molecule has 0 radical (unpaired) electrons. The van der Waals surface area contributed by atoms with Crippen LogP contribution in [0.4, 0.5) is 11.4 Å². The Morgan fingerprint density at radius 3 is 2.02 bits per heavy atom. The summed E-state index contributed by atoms with van der Waals surface area (Å²) in [4.78, 5) is 17.7. The van der Waals surface area contributed by atoms with Crippen molar-refractivity contribution >= 4 is 33.2 Å². The molecule has 0 spiro atoms. The first-order valence-electron chi connectivity index (χ1n) is 13.4. The predicted octanol–water partition coefficient (Wildman–Crippen LogP) is 4.31. The molecule has 1 saturated heterocycles. The van der Waals surface area contributed by atoms with Gasteiger partial charge >= 0.3 is 0 Å². The second kappa shape index (κ2) is 13.6. The number of nitrogens with one attached hydrogen (secondary N) is 1. The van der Waals surface area contributed by atoms with Gasteiger partial charge in [-0.1, -0.05) is 6.07 Å². The van der Waals surface area contributed by atoms with Crippen LogP contribution in [0.2, 0.25) is 0 Å². The minimum atomic E-state index is -3.72. The zero-order valence-electron chi connectivity index (χ0n) is 24.5. The number of benzene rings is 3. The summed E-state index contributed by atoms with van der Waals surface area (Å²) in [5, 5.41) is 3.98. The maximum absolute atomic E-state index is 13.1. The van der Waals surface area contributed by atoms with Crippen LogP contribution in [0.5, 0.6) is 23.0 Å². The van der Waals surface area contributed by atoms with Gasteiger partial charge in [0.1, 0.15) is 23.0 Å². The molecule has 0 unspecified atom stereocenters. The normalized spacial score (nSPS) is 14.1. The summed E-state index contributed by atoms with van der Waals surface area (Å²) >= 11 is 0. The van der Waals surface area contributed by atoms with Gasteiger partial charge in [0, 0.05) is 55.0 Å². The smallest absolute Gasteiger partial charge is 0.255 e. The number of hydrogen-bond acceptors (Lipinski definition) is 9. The first-order chi connectivity index (χ1) is 20.2. The number of amides is 1. The molecule has 1 aliphatic rings. The SMILES string of the molecule is COc1cc(OC)c(C=CS(=O)(=O)Cc2ccc(OC)c(NC(=O)c3ccc(N4CCN(C)CC4)cc3)c2)c(OC)c1. The number of hydrogen-bond donors (Lipinski definition) is 1. The van der Waals surface area contributed by atoms with Crippen LogP contribution in [0, 0.1) is 0 Å². The van der Waals surface area contributed by atoms with E-state index in [0.29, 0.717) is 45.4 Å². The Kier molecular flexibility index (Phi) is 9.97. The van der Waals surface area contributed by atoms with Gasteiger partial charge in [0.15, 0.2) is 9.84 Å². The van der Waals surface area contributed by atoms with Crippen molar-refractivity contribution in [2.45, 2.75) is 5.75 Å². The van der Waals surface area contributed by atoms with Gasteiger partial charge in [0.05, 0.1) is 45.4 Å². The summed E-state index contributed by atoms with van der Waals surface area (Å²) in [6, 6.07) is 15.6. The van der Waals surface area contributed by atoms with E-state index >= 15 is 0 Å². The monoisotopic (exact) mass is 595 g/mol. The summed E-state index contributed by atoms with van der Waals surface area (Å²) in [5.74, 6) is 1.13. The van der Waals surface area contributed by atoms with Crippen LogP contribution in [0.1, 0.15) is 21.5 Å². The van der Waals surface area contributed by atoms with Gasteiger partial charge < -0.3 is 34.1 Å². The molecule has 1 fully saturated rings. The lowest BCUT2D eigenvalue weighted by molar-refractivity contribution is 0.102. The van der Waals surface area contributed by atoms with Crippen molar-refractivity contribution in [2.75, 3.05) is 71.9 Å². The highest BCUT2D eigenvalue weighted by Crippen LogP contribution is 2.35. The number of carbonyl (C=O) groups is 1. The van der Waals surface area contributed by atoms with Crippen molar-refractivity contribution in [3.8, 4) is 23.0 Å². The molecule has 11 heteroatoms. The first kappa shape index (κ1) is 30.7. The van der Waals surface area contributed by atoms with E-state index in [-0.39, 0.29) is 11.7 Å². The number of rotatable bonds is 11. The molecule has 1 heterocycles. The summed E-state index contributed by atoms with van der Waals surface area (Å²) in [6.45, 7) is 3.86. The topological polar surface area (TPSA) is 107 Å². The lowest BCUT2D eigenvalue weighted by Gasteiger charge is -2.34. The highest BCUT2D eigenvalue weighted by molar-refractivity contribution is 7.93. The third-order valence-corrected chi connectivity index (χ3v) is 8.36. The Morgan fingerprint density at radius 2 is 1.45 bits per heavy atom. The van der Waals surface area contributed by atoms with Crippen LogP contribution >= 0.6 is 0 Å². The molecule has 3 aromatic carbocycles. The number of sulfone groups is 1. The van der Waals surface area contributed by atoms with Crippen molar-refractivity contribution in [3.05, 3.63) is 76.7 Å². The molecular formula is C31H37N3O7S. The van der Waals surface area contributed by atoms with E-state index in [1.54, 1.807) is 42.5 Å². The quantitative estimate of drug-likeness (QED) is 0.347. The van der Waals surface area contributed by atoms with E-state index < -0.39 is 9.84 Å². The van der Waals surface area contributed by atoms with Crippen molar-refractivity contribution in [1.82, 2.24) is 4.90 Å². The average molecular weight is 596 g/mol. The van der Waals surface area contributed by atoms with Crippen LogP contribution in [-0.4, -0.2) is 80.9 Å². The molecule has 0 saturated carbocycles. The molecule has 10 nitrogen and oxygen atoms in total. The van der Waals surface area contributed by atoms with Crippen LogP contribution in [0.15, 0.2) is 60.0 Å². The third kappa shape index (κ3) is 7.54. The second-order valence-electron chi connectivity index (χ2n) is 9.88. The molecule has 0 aliphatic carbocycles. The maximum atomic E-state index is 13.1. The van der Waals surface area contributed by atoms with Crippen LogP contribution in [0.3, 0.4) is 0 Å². The molecule has 1 amide bonds. The molecule has 3 aromatic rings. The highest BCUT2D eigenvalue weighted by atomic mass is 32.2. The van der Waals surface area contributed by atoms with Gasteiger partial charge in [0.2, 0.25) is 0 Å². The number of carbonyl (C=O) groups excluding carboxylic acids is 1. The number of methoxy groups -OCH3 is 4. The Morgan fingerprint density at radius 1 is 0.833 bits per heavy atom. The molecule has 0 aromatic heterocycles. The third-order valence-electron chi connectivity index (χ3n) is 7.07. The summed E-state index contributed by atoms with van der Waals surface area (Å²) in [6.07, 6.45) is 1.43. The largest absolute Gasteiger partial charge is 0.496 e. The zero-order chi connectivity index (χ0) is 30.3. The Balaban J connectivity index is 1.49. The number of ether oxygens (including phenoxy) is 4. The molecule has 1 aliphatic heterocycles. The average Bonchev–Trinajstić information content (AvgIpc) is 3.00. The summed E-state index contributed by atoms with van der Waals surface area (Å²) in [5.41, 5.74) is 2.88. The summed E-state index contributed by atoms with van der Waals surface area (Å²) < 4.78 is 47.6. The predicted molar refractivity (Wildman–Crippen MR) is 165 cm³/mol. The van der Waals surface area contributed by atoms with Crippen molar-refractivity contribution in [1.29, 1.82) is 0 Å². The number of piperazine rings is 1. The molecule has 1 N–H and O–H groups in total. The number of likely N-dealkylation sites (N-methyl/N-ethyl adjacent to an activating group) is 1. The molecule has 0 bridgehead atoms. The van der Waals surface area contributed by atoms with Gasteiger partial charge in [0.25, 0.3) is 5.91 Å². The van der Waals surface area contributed by atoms with Gasteiger partial charge in [-0.3, -0.25) is 4.79 Å². The van der Waals surface area contributed by atoms with Gasteiger partial charge in [-0.15, -0.1) is 0 Å². The maximum Gasteiger partial charge on any atom is 0.255 e. The lowest BCUT2D eigenvalue weighted by atomic mass is 10.1. The van der Waals surface area contributed by atoms with E-state index in [2.05, 4.69) is 22.2 Å². The lowest BCUT2D eigenvalue weighted by Crippen LogP contribution is -2.44. The Bertz CT molecular complexity index is 1510. The van der Waals surface area contributed by atoms with E-state index in [1.807, 2.05) is 12.1 Å². The Labute approximate surface area is 247 Å². The van der Waals surface area contributed by atoms with Gasteiger partial charge in [-0.25, -0.2) is 8.42 Å². The molecule has 42 heavy (non-hydrogen) atoms.